The summed E-state index contributed by atoms with van der Waals surface area (Å²) >= 11 is -0.446. The highest BCUT2D eigenvalue weighted by Gasteiger charge is 2.36. The summed E-state index contributed by atoms with van der Waals surface area (Å²) in [5.74, 6) is -0.462. The third kappa shape index (κ3) is 5.11. The van der Waals surface area contributed by atoms with Crippen molar-refractivity contribution in [3.05, 3.63) is 69.8 Å². The quantitative estimate of drug-likeness (QED) is 0.344. The molecule has 0 amide bonds. The first-order chi connectivity index (χ1) is 11.7. The molecule has 0 radical (unpaired) electrons. The monoisotopic (exact) mass is 372 g/mol. The van der Waals surface area contributed by atoms with E-state index in [4.69, 9.17) is 0 Å². The molecule has 0 aliphatic carbocycles. The molecule has 0 heterocycles. The van der Waals surface area contributed by atoms with E-state index in [1.807, 2.05) is 0 Å². The number of ether oxygens (including phenoxy) is 1. The van der Waals surface area contributed by atoms with E-state index in [1.165, 1.54) is 24.3 Å². The molecule has 0 saturated heterocycles. The zero-order chi connectivity index (χ0) is 18.6. The Morgan fingerprint density at radius 3 is 2.32 bits per heavy atom. The maximum absolute atomic E-state index is 13.0. The van der Waals surface area contributed by atoms with E-state index in [0.29, 0.717) is 0 Å². The van der Waals surface area contributed by atoms with Crippen molar-refractivity contribution >= 4 is 23.6 Å². The molecule has 0 N–H and O–H groups in total. The van der Waals surface area contributed by atoms with Crippen LogP contribution in [0.15, 0.2) is 48.5 Å². The molecule has 0 saturated carbocycles. The van der Waals surface area contributed by atoms with Crippen molar-refractivity contribution in [3.63, 3.8) is 0 Å². The summed E-state index contributed by atoms with van der Waals surface area (Å²) in [6.45, 7) is 0. The van der Waals surface area contributed by atoms with E-state index in [-0.39, 0.29) is 11.1 Å². The fraction of sp³-hybridized carbons (Fsp3) is 0.133. The Kier molecular flexibility index (Phi) is 5.52. The van der Waals surface area contributed by atoms with E-state index >= 15 is 0 Å². The summed E-state index contributed by atoms with van der Waals surface area (Å²) in [5.41, 5.74) is -5.30. The lowest BCUT2D eigenvalue weighted by molar-refractivity contribution is -0.385. The van der Waals surface area contributed by atoms with E-state index in [1.54, 1.807) is 6.07 Å². The molecule has 0 aromatic heterocycles. The minimum absolute atomic E-state index is 0.175. The second kappa shape index (κ2) is 7.43. The SMILES string of the molecule is O=C([O-])Oc1ccc([N+](=O)[O-])cc1C(SC(F)(F)F)c1ccccc1. The first-order valence-corrected chi connectivity index (χ1v) is 7.52. The fourth-order valence-corrected chi connectivity index (χ4v) is 2.98. The van der Waals surface area contributed by atoms with Gasteiger partial charge in [0, 0.05) is 17.7 Å². The van der Waals surface area contributed by atoms with Gasteiger partial charge in [-0.2, -0.15) is 13.2 Å². The fourth-order valence-electron chi connectivity index (χ4n) is 2.11. The molecule has 0 bridgehead atoms. The van der Waals surface area contributed by atoms with E-state index in [9.17, 15) is 33.2 Å². The highest BCUT2D eigenvalue weighted by molar-refractivity contribution is 8.00. The Balaban J connectivity index is 2.62. The summed E-state index contributed by atoms with van der Waals surface area (Å²) in [7, 11) is 0. The molecule has 0 fully saturated rings. The summed E-state index contributed by atoms with van der Waals surface area (Å²) in [4.78, 5) is 20.8. The molecule has 2 rings (SSSR count). The number of carbonyl (C=O) groups excluding carboxylic acids is 1. The maximum Gasteiger partial charge on any atom is 0.442 e. The number of non-ortho nitro benzene ring substituents is 1. The van der Waals surface area contributed by atoms with E-state index in [2.05, 4.69) is 4.74 Å². The van der Waals surface area contributed by atoms with Gasteiger partial charge in [-0.3, -0.25) is 10.1 Å². The Morgan fingerprint density at radius 1 is 1.16 bits per heavy atom. The van der Waals surface area contributed by atoms with Gasteiger partial charge in [-0.05, 0) is 23.4 Å². The summed E-state index contributed by atoms with van der Waals surface area (Å²) in [5, 5.41) is 20.2. The number of carboxylic acid groups (broad SMARTS) is 1. The smallest absolute Gasteiger partial charge is 0.442 e. The lowest BCUT2D eigenvalue weighted by Crippen LogP contribution is -2.27. The van der Waals surface area contributed by atoms with Gasteiger partial charge in [-0.25, -0.2) is 0 Å². The Labute approximate surface area is 143 Å². The van der Waals surface area contributed by atoms with Crippen LogP contribution in [0.5, 0.6) is 5.75 Å². The Morgan fingerprint density at radius 2 is 1.80 bits per heavy atom. The van der Waals surface area contributed by atoms with Crippen LogP contribution in [0.1, 0.15) is 16.4 Å². The minimum Gasteiger partial charge on any atom is -0.514 e. The topological polar surface area (TPSA) is 92.5 Å². The van der Waals surface area contributed by atoms with E-state index in [0.717, 1.165) is 18.2 Å². The molecule has 1 atom stereocenters. The highest BCUT2D eigenvalue weighted by atomic mass is 32.2. The lowest BCUT2D eigenvalue weighted by Gasteiger charge is -2.23. The molecule has 25 heavy (non-hydrogen) atoms. The van der Waals surface area contributed by atoms with Gasteiger partial charge in [-0.15, -0.1) is 0 Å². The summed E-state index contributed by atoms with van der Waals surface area (Å²) < 4.78 is 43.4. The number of rotatable bonds is 5. The molecule has 2 aromatic rings. The number of carbonyl (C=O) groups is 1. The molecule has 132 valence electrons. The zero-order valence-corrected chi connectivity index (χ0v) is 13.0. The van der Waals surface area contributed by atoms with Crippen LogP contribution in [0.25, 0.3) is 0 Å². The molecule has 0 aliphatic rings. The van der Waals surface area contributed by atoms with Gasteiger partial charge in [0.05, 0.1) is 15.9 Å². The molecule has 0 aliphatic heterocycles. The molecule has 10 heteroatoms. The van der Waals surface area contributed by atoms with Gasteiger partial charge >= 0.3 is 5.51 Å². The second-order valence-corrected chi connectivity index (χ2v) is 5.86. The lowest BCUT2D eigenvalue weighted by atomic mass is 10.0. The Bertz CT molecular complexity index is 782. The number of hydrogen-bond acceptors (Lipinski definition) is 6. The molecule has 0 spiro atoms. The van der Waals surface area contributed by atoms with Crippen LogP contribution >= 0.6 is 11.8 Å². The number of nitrogens with zero attached hydrogens (tertiary/aromatic N) is 1. The molecule has 6 nitrogen and oxygen atoms in total. The van der Waals surface area contributed by atoms with Crippen molar-refractivity contribution in [1.29, 1.82) is 0 Å². The third-order valence-electron chi connectivity index (χ3n) is 3.03. The molecular formula is C15H9F3NO5S-. The van der Waals surface area contributed by atoms with Crippen LogP contribution < -0.4 is 9.84 Å². The van der Waals surface area contributed by atoms with Crippen LogP contribution in [0.2, 0.25) is 0 Å². The van der Waals surface area contributed by atoms with Crippen LogP contribution in [0, 0.1) is 10.1 Å². The predicted octanol–water partition coefficient (Wildman–Crippen LogP) is 3.66. The number of nitro groups is 1. The zero-order valence-electron chi connectivity index (χ0n) is 12.2. The van der Waals surface area contributed by atoms with Gasteiger partial charge in [0.15, 0.2) is 0 Å². The van der Waals surface area contributed by atoms with Gasteiger partial charge in [-0.1, -0.05) is 30.3 Å². The van der Waals surface area contributed by atoms with Crippen molar-refractivity contribution in [1.82, 2.24) is 0 Å². The molecule has 1 unspecified atom stereocenters. The average Bonchev–Trinajstić information content (AvgIpc) is 2.52. The second-order valence-electron chi connectivity index (χ2n) is 4.69. The predicted molar refractivity (Wildman–Crippen MR) is 81.1 cm³/mol. The number of alkyl halides is 3. The number of hydrogen-bond donors (Lipinski definition) is 0. The van der Waals surface area contributed by atoms with Crippen molar-refractivity contribution < 1.29 is 32.7 Å². The number of benzene rings is 2. The number of halogens is 3. The van der Waals surface area contributed by atoms with Crippen molar-refractivity contribution in [3.8, 4) is 5.75 Å². The van der Waals surface area contributed by atoms with Crippen LogP contribution in [-0.2, 0) is 0 Å². The minimum atomic E-state index is -4.68. The number of thioether (sulfide) groups is 1. The summed E-state index contributed by atoms with van der Waals surface area (Å²) in [6, 6.07) is 10.1. The van der Waals surface area contributed by atoms with Crippen LogP contribution in [0.4, 0.5) is 23.7 Å². The van der Waals surface area contributed by atoms with Crippen LogP contribution in [0.3, 0.4) is 0 Å². The summed E-state index contributed by atoms with van der Waals surface area (Å²) in [6.07, 6.45) is -1.99. The van der Waals surface area contributed by atoms with E-state index < -0.39 is 45.0 Å². The first-order valence-electron chi connectivity index (χ1n) is 6.64. The largest absolute Gasteiger partial charge is 0.514 e. The van der Waals surface area contributed by atoms with Crippen molar-refractivity contribution in [2.75, 3.05) is 0 Å². The normalized spacial score (nSPS) is 12.4. The van der Waals surface area contributed by atoms with Crippen molar-refractivity contribution in [2.45, 2.75) is 10.8 Å². The third-order valence-corrected chi connectivity index (χ3v) is 4.06. The van der Waals surface area contributed by atoms with Gasteiger partial charge in [0.2, 0.25) is 0 Å². The van der Waals surface area contributed by atoms with Gasteiger partial charge in [0.25, 0.3) is 11.8 Å². The standard InChI is InChI=1S/C15H10F3NO5S/c16-15(17,18)25-13(9-4-2-1-3-5-9)11-8-10(19(22)23)6-7-12(11)24-14(20)21/h1-8,13H,(H,20,21)/p-1. The van der Waals surface area contributed by atoms with Crippen molar-refractivity contribution in [2.24, 2.45) is 0 Å². The molecular weight excluding hydrogens is 363 g/mol. The Hall–Kier alpha value is -2.75. The maximum atomic E-state index is 13.0. The van der Waals surface area contributed by atoms with Crippen LogP contribution in [-0.4, -0.2) is 16.6 Å². The average molecular weight is 372 g/mol. The van der Waals surface area contributed by atoms with Gasteiger partial charge < -0.3 is 14.6 Å². The first kappa shape index (κ1) is 18.6. The highest BCUT2D eigenvalue weighted by Crippen LogP contribution is 2.48. The van der Waals surface area contributed by atoms with Gasteiger partial charge in [0.1, 0.15) is 0 Å². The molecule has 2 aromatic carbocycles. The number of nitro benzene ring substituents is 1.